The van der Waals surface area contributed by atoms with E-state index in [0.29, 0.717) is 5.92 Å². The highest BCUT2D eigenvalue weighted by Gasteiger charge is 2.14. The van der Waals surface area contributed by atoms with Gasteiger partial charge in [0.05, 0.1) is 5.52 Å². The molecule has 21 heavy (non-hydrogen) atoms. The van der Waals surface area contributed by atoms with E-state index in [1.165, 1.54) is 0 Å². The minimum atomic E-state index is 0.603. The van der Waals surface area contributed by atoms with Gasteiger partial charge in [-0.05, 0) is 31.4 Å². The monoisotopic (exact) mass is 286 g/mol. The van der Waals surface area contributed by atoms with Gasteiger partial charge < -0.3 is 10.2 Å². The van der Waals surface area contributed by atoms with Crippen molar-refractivity contribution in [1.29, 1.82) is 0 Å². The summed E-state index contributed by atoms with van der Waals surface area (Å²) in [6.07, 6.45) is 1.06. The van der Waals surface area contributed by atoms with Gasteiger partial charge in [-0.15, -0.1) is 0 Å². The third-order valence-electron chi connectivity index (χ3n) is 3.38. The van der Waals surface area contributed by atoms with Crippen molar-refractivity contribution in [2.24, 2.45) is 5.92 Å². The summed E-state index contributed by atoms with van der Waals surface area (Å²) >= 11 is 0. The third kappa shape index (κ3) is 3.84. The molecular weight excluding hydrogens is 260 g/mol. The maximum absolute atomic E-state index is 4.77. The molecule has 0 unspecified atom stereocenters. The molecule has 0 radical (unpaired) electrons. The first-order valence-corrected chi connectivity index (χ1v) is 7.91. The molecule has 1 N–H and O–H groups in total. The second-order valence-corrected chi connectivity index (χ2v) is 5.75. The van der Waals surface area contributed by atoms with Crippen molar-refractivity contribution in [3.63, 3.8) is 0 Å². The lowest BCUT2D eigenvalue weighted by molar-refractivity contribution is 0.615. The van der Waals surface area contributed by atoms with Crippen LogP contribution in [0.25, 0.3) is 10.9 Å². The van der Waals surface area contributed by atoms with Gasteiger partial charge in [0.25, 0.3) is 0 Å². The lowest BCUT2D eigenvalue weighted by Crippen LogP contribution is -2.28. The molecule has 1 aromatic carbocycles. The highest BCUT2D eigenvalue weighted by atomic mass is 15.2. The number of nitrogens with zero attached hydrogens (tertiary/aromatic N) is 3. The first-order valence-electron chi connectivity index (χ1n) is 7.91. The van der Waals surface area contributed by atoms with E-state index in [4.69, 9.17) is 4.98 Å². The molecule has 0 saturated heterocycles. The van der Waals surface area contributed by atoms with E-state index in [-0.39, 0.29) is 0 Å². The molecule has 114 valence electrons. The van der Waals surface area contributed by atoms with Gasteiger partial charge in [-0.2, -0.15) is 4.98 Å². The molecule has 0 amide bonds. The van der Waals surface area contributed by atoms with Gasteiger partial charge in [-0.25, -0.2) is 4.98 Å². The molecule has 4 heteroatoms. The first-order chi connectivity index (χ1) is 10.2. The van der Waals surface area contributed by atoms with Gasteiger partial charge in [0.1, 0.15) is 5.82 Å². The van der Waals surface area contributed by atoms with Crippen molar-refractivity contribution < 1.29 is 0 Å². The second kappa shape index (κ2) is 7.25. The Morgan fingerprint density at radius 2 is 1.90 bits per heavy atom. The summed E-state index contributed by atoms with van der Waals surface area (Å²) in [4.78, 5) is 11.7. The lowest BCUT2D eigenvalue weighted by Gasteiger charge is -2.25. The summed E-state index contributed by atoms with van der Waals surface area (Å²) in [7, 11) is 0. The molecule has 2 aromatic rings. The van der Waals surface area contributed by atoms with Crippen LogP contribution in [-0.2, 0) is 0 Å². The molecule has 1 aromatic heterocycles. The molecule has 0 aliphatic heterocycles. The van der Waals surface area contributed by atoms with Crippen molar-refractivity contribution in [1.82, 2.24) is 9.97 Å². The lowest BCUT2D eigenvalue weighted by atomic mass is 10.2. The van der Waals surface area contributed by atoms with Gasteiger partial charge in [0.15, 0.2) is 0 Å². The molecule has 1 heterocycles. The van der Waals surface area contributed by atoms with Gasteiger partial charge in [-0.3, -0.25) is 0 Å². The zero-order chi connectivity index (χ0) is 15.2. The molecule has 0 atom stereocenters. The highest BCUT2D eigenvalue weighted by Crippen LogP contribution is 2.25. The van der Waals surface area contributed by atoms with Crippen LogP contribution in [-0.4, -0.2) is 29.6 Å². The molecule has 4 nitrogen and oxygen atoms in total. The zero-order valence-electron chi connectivity index (χ0n) is 13.6. The van der Waals surface area contributed by atoms with Crippen molar-refractivity contribution in [3.8, 4) is 0 Å². The number of para-hydroxylation sites is 1. The third-order valence-corrected chi connectivity index (χ3v) is 3.38. The average molecular weight is 286 g/mol. The number of benzene rings is 1. The highest BCUT2D eigenvalue weighted by molar-refractivity contribution is 5.90. The second-order valence-electron chi connectivity index (χ2n) is 5.75. The van der Waals surface area contributed by atoms with E-state index >= 15 is 0 Å². The van der Waals surface area contributed by atoms with Gasteiger partial charge in [-0.1, -0.05) is 32.9 Å². The Hall–Kier alpha value is -1.84. The van der Waals surface area contributed by atoms with Crippen LogP contribution in [0, 0.1) is 5.92 Å². The fourth-order valence-electron chi connectivity index (χ4n) is 2.42. The Bertz CT molecular complexity index is 580. The van der Waals surface area contributed by atoms with E-state index in [2.05, 4.69) is 61.1 Å². The maximum atomic E-state index is 4.77. The van der Waals surface area contributed by atoms with E-state index < -0.39 is 0 Å². The number of rotatable bonds is 7. The van der Waals surface area contributed by atoms with Crippen LogP contribution in [0.3, 0.4) is 0 Å². The van der Waals surface area contributed by atoms with E-state index in [9.17, 15) is 0 Å². The zero-order valence-corrected chi connectivity index (χ0v) is 13.6. The summed E-state index contributed by atoms with van der Waals surface area (Å²) in [5, 5.41) is 4.44. The topological polar surface area (TPSA) is 41.1 Å². The van der Waals surface area contributed by atoms with Gasteiger partial charge in [0, 0.05) is 25.0 Å². The van der Waals surface area contributed by atoms with Crippen LogP contribution in [0.1, 0.15) is 34.1 Å². The van der Waals surface area contributed by atoms with Crippen LogP contribution in [0.2, 0.25) is 0 Å². The van der Waals surface area contributed by atoms with Crippen LogP contribution >= 0.6 is 0 Å². The first kappa shape index (κ1) is 15.5. The minimum absolute atomic E-state index is 0.603. The predicted octanol–water partition coefficient (Wildman–Crippen LogP) is 3.93. The van der Waals surface area contributed by atoms with Crippen LogP contribution in [0.15, 0.2) is 24.3 Å². The van der Waals surface area contributed by atoms with Crippen LogP contribution < -0.4 is 10.2 Å². The Morgan fingerprint density at radius 1 is 1.14 bits per heavy atom. The van der Waals surface area contributed by atoms with Crippen molar-refractivity contribution >= 4 is 22.7 Å². The fraction of sp³-hybridized carbons (Fsp3) is 0.529. The summed E-state index contributed by atoms with van der Waals surface area (Å²) in [5.41, 5.74) is 1.00. The number of nitrogens with one attached hydrogen (secondary N) is 1. The Morgan fingerprint density at radius 3 is 2.57 bits per heavy atom. The Labute approximate surface area is 127 Å². The van der Waals surface area contributed by atoms with E-state index in [1.54, 1.807) is 0 Å². The molecule has 0 saturated carbocycles. The van der Waals surface area contributed by atoms with Crippen molar-refractivity contribution in [2.75, 3.05) is 29.9 Å². The summed E-state index contributed by atoms with van der Waals surface area (Å²) in [6, 6.07) is 8.25. The van der Waals surface area contributed by atoms with Gasteiger partial charge in [0.2, 0.25) is 5.95 Å². The Balaban J connectivity index is 2.47. The fourth-order valence-corrected chi connectivity index (χ4v) is 2.42. The molecule has 0 spiro atoms. The predicted molar refractivity (Wildman–Crippen MR) is 91.0 cm³/mol. The van der Waals surface area contributed by atoms with Crippen LogP contribution in [0.5, 0.6) is 0 Å². The number of anilines is 2. The number of aromatic nitrogens is 2. The average Bonchev–Trinajstić information content (AvgIpc) is 2.49. The summed E-state index contributed by atoms with van der Waals surface area (Å²) < 4.78 is 0. The molecule has 2 rings (SSSR count). The summed E-state index contributed by atoms with van der Waals surface area (Å²) in [6.45, 7) is 11.7. The van der Waals surface area contributed by atoms with E-state index in [0.717, 1.165) is 48.7 Å². The SMILES string of the molecule is CCCNc1nc(N(CC)CC(C)C)c2ccccc2n1. The maximum Gasteiger partial charge on any atom is 0.225 e. The molecule has 0 aliphatic rings. The van der Waals surface area contributed by atoms with E-state index in [1.807, 2.05) is 6.07 Å². The minimum Gasteiger partial charge on any atom is -0.356 e. The largest absolute Gasteiger partial charge is 0.356 e. The summed E-state index contributed by atoms with van der Waals surface area (Å²) in [5.74, 6) is 2.37. The number of hydrogen-bond donors (Lipinski definition) is 1. The quantitative estimate of drug-likeness (QED) is 0.837. The van der Waals surface area contributed by atoms with Gasteiger partial charge >= 0.3 is 0 Å². The molecule has 0 bridgehead atoms. The molecule has 0 fully saturated rings. The molecular formula is C17H26N4. The Kier molecular flexibility index (Phi) is 5.37. The normalized spacial score (nSPS) is 11.1. The smallest absolute Gasteiger partial charge is 0.225 e. The standard InChI is InChI=1S/C17H26N4/c1-5-11-18-17-19-15-10-8-7-9-14(15)16(20-17)21(6-2)12-13(3)4/h7-10,13H,5-6,11-12H2,1-4H3,(H,18,19,20). The van der Waals surface area contributed by atoms with Crippen LogP contribution in [0.4, 0.5) is 11.8 Å². The molecule has 0 aliphatic carbocycles. The van der Waals surface area contributed by atoms with Crippen molar-refractivity contribution in [2.45, 2.75) is 34.1 Å². The number of fused-ring (bicyclic) bond motifs is 1. The van der Waals surface area contributed by atoms with Crippen molar-refractivity contribution in [3.05, 3.63) is 24.3 Å². The number of hydrogen-bond acceptors (Lipinski definition) is 4.